The largest absolute Gasteiger partial charge is 0.442 e. The zero-order chi connectivity index (χ0) is 18.5. The fourth-order valence-electron chi connectivity index (χ4n) is 3.77. The number of nitrogens with zero attached hydrogens (tertiary/aromatic N) is 4. The third-order valence-corrected chi connectivity index (χ3v) is 5.97. The highest BCUT2D eigenvalue weighted by Crippen LogP contribution is 2.40. The average Bonchev–Trinajstić information content (AvgIpc) is 3.16. The van der Waals surface area contributed by atoms with Gasteiger partial charge in [-0.15, -0.1) is 11.3 Å². The van der Waals surface area contributed by atoms with E-state index in [2.05, 4.69) is 4.98 Å². The van der Waals surface area contributed by atoms with Gasteiger partial charge in [0.05, 0.1) is 5.39 Å². The van der Waals surface area contributed by atoms with Gasteiger partial charge in [-0.2, -0.15) is 0 Å². The lowest BCUT2D eigenvalue weighted by atomic mass is 9.97. The van der Waals surface area contributed by atoms with Crippen LogP contribution in [0.1, 0.15) is 56.3 Å². The lowest BCUT2D eigenvalue weighted by Gasteiger charge is -2.31. The van der Waals surface area contributed by atoms with Crippen molar-refractivity contribution < 1.29 is 9.53 Å². The van der Waals surface area contributed by atoms with Crippen molar-refractivity contribution in [3.8, 4) is 0 Å². The van der Waals surface area contributed by atoms with E-state index in [1.807, 2.05) is 32.7 Å². The maximum absolute atomic E-state index is 12.7. The predicted octanol–water partition coefficient (Wildman–Crippen LogP) is 4.24. The van der Waals surface area contributed by atoms with E-state index in [9.17, 15) is 4.79 Å². The molecular formula is C19H26N4O2S. The number of aryl methyl sites for hydroxylation is 3. The molecule has 1 amide bonds. The minimum absolute atomic E-state index is 0.302. The molecule has 0 spiro atoms. The minimum Gasteiger partial charge on any atom is -0.442 e. The Morgan fingerprint density at radius 1 is 1.12 bits per heavy atom. The maximum Gasteiger partial charge on any atom is 0.429 e. The number of ether oxygens (including phenoxy) is 1. The van der Waals surface area contributed by atoms with Crippen molar-refractivity contribution in [2.75, 3.05) is 18.1 Å². The molecule has 0 atom stereocenters. The van der Waals surface area contributed by atoms with Crippen molar-refractivity contribution in [3.05, 3.63) is 16.3 Å². The number of rotatable bonds is 1. The Balaban J connectivity index is 1.77. The van der Waals surface area contributed by atoms with E-state index in [0.717, 1.165) is 47.7 Å². The van der Waals surface area contributed by atoms with Gasteiger partial charge in [0.15, 0.2) is 5.82 Å². The summed E-state index contributed by atoms with van der Waals surface area (Å²) in [6, 6.07) is 0. The fraction of sp³-hybridized carbons (Fsp3) is 0.632. The summed E-state index contributed by atoms with van der Waals surface area (Å²) >= 11 is 1.79. The van der Waals surface area contributed by atoms with Crippen molar-refractivity contribution in [2.24, 2.45) is 0 Å². The number of anilines is 1. The van der Waals surface area contributed by atoms with Gasteiger partial charge in [0.2, 0.25) is 0 Å². The SMILES string of the molecule is Cc1nc(N2CCCN2C(=O)OC(C)(C)C)c2c3c(sc2n1)CCCC3. The van der Waals surface area contributed by atoms with Gasteiger partial charge in [-0.3, -0.25) is 5.01 Å². The number of fused-ring (bicyclic) bond motifs is 3. The molecule has 1 aliphatic heterocycles. The van der Waals surface area contributed by atoms with Crippen molar-refractivity contribution in [3.63, 3.8) is 0 Å². The van der Waals surface area contributed by atoms with E-state index in [0.29, 0.717) is 6.54 Å². The van der Waals surface area contributed by atoms with Crippen LogP contribution in [-0.4, -0.2) is 39.8 Å². The van der Waals surface area contributed by atoms with Crippen LogP contribution in [-0.2, 0) is 17.6 Å². The lowest BCUT2D eigenvalue weighted by molar-refractivity contribution is 0.0273. The Hall–Kier alpha value is -1.89. The standard InChI is InChI=1S/C19H26N4O2S/c1-12-20-16(15-13-8-5-6-9-14(13)26-17(15)21-12)22-10-7-11-23(22)18(24)25-19(2,3)4/h5-11H2,1-4H3. The molecule has 0 bridgehead atoms. The van der Waals surface area contributed by atoms with E-state index < -0.39 is 5.60 Å². The van der Waals surface area contributed by atoms with Gasteiger partial charge >= 0.3 is 6.09 Å². The molecule has 1 aliphatic carbocycles. The normalized spacial score (nSPS) is 17.7. The fourth-order valence-corrected chi connectivity index (χ4v) is 5.07. The molecule has 0 aromatic carbocycles. The summed E-state index contributed by atoms with van der Waals surface area (Å²) in [7, 11) is 0. The summed E-state index contributed by atoms with van der Waals surface area (Å²) in [4.78, 5) is 24.7. The highest BCUT2D eigenvalue weighted by atomic mass is 32.1. The molecular weight excluding hydrogens is 348 g/mol. The molecule has 7 heteroatoms. The van der Waals surface area contributed by atoms with Crippen LogP contribution in [0.4, 0.5) is 10.6 Å². The van der Waals surface area contributed by atoms with Crippen molar-refractivity contribution in [1.29, 1.82) is 0 Å². The van der Waals surface area contributed by atoms with Crippen LogP contribution in [0.3, 0.4) is 0 Å². The van der Waals surface area contributed by atoms with Crippen molar-refractivity contribution in [2.45, 2.75) is 65.4 Å². The van der Waals surface area contributed by atoms with Crippen LogP contribution in [0.15, 0.2) is 0 Å². The first kappa shape index (κ1) is 17.5. The smallest absolute Gasteiger partial charge is 0.429 e. The van der Waals surface area contributed by atoms with Gasteiger partial charge in [-0.1, -0.05) is 0 Å². The summed E-state index contributed by atoms with van der Waals surface area (Å²) < 4.78 is 5.61. The quantitative estimate of drug-likeness (QED) is 0.747. The van der Waals surface area contributed by atoms with Crippen LogP contribution < -0.4 is 5.01 Å². The van der Waals surface area contributed by atoms with Gasteiger partial charge in [-0.25, -0.2) is 19.8 Å². The average molecular weight is 375 g/mol. The molecule has 1 fully saturated rings. The molecule has 26 heavy (non-hydrogen) atoms. The first-order chi connectivity index (χ1) is 12.3. The summed E-state index contributed by atoms with van der Waals surface area (Å²) in [5, 5.41) is 4.86. The number of hydrogen-bond donors (Lipinski definition) is 0. The van der Waals surface area contributed by atoms with Crippen LogP contribution in [0.25, 0.3) is 10.2 Å². The van der Waals surface area contributed by atoms with Crippen LogP contribution in [0.2, 0.25) is 0 Å². The van der Waals surface area contributed by atoms with E-state index in [1.54, 1.807) is 16.3 Å². The number of thiophene rings is 1. The third kappa shape index (κ3) is 3.13. The number of carbonyl (C=O) groups excluding carboxylic acids is 1. The van der Waals surface area contributed by atoms with Gasteiger partial charge < -0.3 is 4.74 Å². The highest BCUT2D eigenvalue weighted by molar-refractivity contribution is 7.19. The topological polar surface area (TPSA) is 58.6 Å². The molecule has 140 valence electrons. The van der Waals surface area contributed by atoms with Gasteiger partial charge in [-0.05, 0) is 65.4 Å². The van der Waals surface area contributed by atoms with Crippen LogP contribution in [0, 0.1) is 6.92 Å². The summed E-state index contributed by atoms with van der Waals surface area (Å²) in [6.45, 7) is 9.05. The minimum atomic E-state index is -0.510. The van der Waals surface area contributed by atoms with Gasteiger partial charge in [0.1, 0.15) is 16.3 Å². The second-order valence-electron chi connectivity index (χ2n) is 8.07. The first-order valence-electron chi connectivity index (χ1n) is 9.40. The molecule has 0 radical (unpaired) electrons. The van der Waals surface area contributed by atoms with Gasteiger partial charge in [0, 0.05) is 18.0 Å². The third-order valence-electron chi connectivity index (χ3n) is 4.79. The highest BCUT2D eigenvalue weighted by Gasteiger charge is 2.34. The molecule has 0 saturated carbocycles. The predicted molar refractivity (Wildman–Crippen MR) is 104 cm³/mol. The number of hydrogen-bond acceptors (Lipinski definition) is 6. The Morgan fingerprint density at radius 2 is 1.88 bits per heavy atom. The maximum atomic E-state index is 12.7. The molecule has 2 aliphatic rings. The molecule has 6 nitrogen and oxygen atoms in total. The molecule has 3 heterocycles. The molecule has 2 aromatic heterocycles. The monoisotopic (exact) mass is 374 g/mol. The van der Waals surface area contributed by atoms with E-state index in [-0.39, 0.29) is 6.09 Å². The molecule has 0 N–H and O–H groups in total. The summed E-state index contributed by atoms with van der Waals surface area (Å²) in [5.74, 6) is 1.62. The molecule has 1 saturated heterocycles. The molecule has 2 aromatic rings. The second-order valence-corrected chi connectivity index (χ2v) is 9.15. The number of hydrazine groups is 1. The Kier molecular flexibility index (Phi) is 4.29. The molecule has 0 unspecified atom stereocenters. The number of carbonyl (C=O) groups is 1. The summed E-state index contributed by atoms with van der Waals surface area (Å²) in [5.41, 5.74) is 0.881. The summed E-state index contributed by atoms with van der Waals surface area (Å²) in [6.07, 6.45) is 5.27. The number of amides is 1. The van der Waals surface area contributed by atoms with Gasteiger partial charge in [0.25, 0.3) is 0 Å². The second kappa shape index (κ2) is 6.37. The van der Waals surface area contributed by atoms with E-state index in [4.69, 9.17) is 9.72 Å². The van der Waals surface area contributed by atoms with E-state index >= 15 is 0 Å². The lowest BCUT2D eigenvalue weighted by Crippen LogP contribution is -2.44. The van der Waals surface area contributed by atoms with Crippen LogP contribution in [0.5, 0.6) is 0 Å². The van der Waals surface area contributed by atoms with Crippen molar-refractivity contribution in [1.82, 2.24) is 15.0 Å². The Morgan fingerprint density at radius 3 is 2.65 bits per heavy atom. The zero-order valence-electron chi connectivity index (χ0n) is 16.0. The van der Waals surface area contributed by atoms with E-state index in [1.165, 1.54) is 23.3 Å². The van der Waals surface area contributed by atoms with Crippen molar-refractivity contribution >= 4 is 33.5 Å². The molecule has 4 rings (SSSR count). The number of aromatic nitrogens is 2. The zero-order valence-corrected chi connectivity index (χ0v) is 16.8. The first-order valence-corrected chi connectivity index (χ1v) is 10.2. The Labute approximate surface area is 158 Å². The Bertz CT molecular complexity index is 855. The van der Waals surface area contributed by atoms with Crippen LogP contribution >= 0.6 is 11.3 Å².